The Morgan fingerprint density at radius 1 is 1.33 bits per heavy atom. The van der Waals surface area contributed by atoms with Crippen LogP contribution in [0.4, 0.5) is 0 Å². The van der Waals surface area contributed by atoms with Crippen LogP contribution in [0.3, 0.4) is 0 Å². The molecule has 0 heteroatoms. The van der Waals surface area contributed by atoms with Gasteiger partial charge in [-0.15, -0.1) is 6.58 Å². The van der Waals surface area contributed by atoms with Gasteiger partial charge >= 0.3 is 0 Å². The van der Waals surface area contributed by atoms with Crippen molar-refractivity contribution in [1.82, 2.24) is 0 Å². The van der Waals surface area contributed by atoms with Crippen molar-refractivity contribution in [3.63, 3.8) is 0 Å². The van der Waals surface area contributed by atoms with Crippen molar-refractivity contribution in [2.24, 2.45) is 0 Å². The van der Waals surface area contributed by atoms with Gasteiger partial charge in [-0.1, -0.05) is 31.2 Å². The molecule has 64 valence electrons. The van der Waals surface area contributed by atoms with E-state index in [1.54, 1.807) is 0 Å². The number of aryl methyl sites for hydroxylation is 1. The van der Waals surface area contributed by atoms with Gasteiger partial charge in [-0.2, -0.15) is 0 Å². The quantitative estimate of drug-likeness (QED) is 0.595. The van der Waals surface area contributed by atoms with E-state index in [9.17, 15) is 0 Å². The molecule has 0 aliphatic rings. The number of rotatable bonds is 3. The fraction of sp³-hybridized carbons (Fsp3) is 0.333. The van der Waals surface area contributed by atoms with Crippen molar-refractivity contribution < 1.29 is 0 Å². The molecule has 0 heterocycles. The second-order valence-electron chi connectivity index (χ2n) is 3.05. The molecule has 0 amide bonds. The lowest BCUT2D eigenvalue weighted by Gasteiger charge is -2.07. The van der Waals surface area contributed by atoms with Crippen LogP contribution in [0, 0.1) is 6.92 Å². The van der Waals surface area contributed by atoms with Crippen LogP contribution in [0.5, 0.6) is 0 Å². The van der Waals surface area contributed by atoms with E-state index in [4.69, 9.17) is 0 Å². The molecule has 0 fully saturated rings. The monoisotopic (exact) mass is 160 g/mol. The Morgan fingerprint density at radius 2 is 2.00 bits per heavy atom. The molecule has 0 aliphatic heterocycles. The summed E-state index contributed by atoms with van der Waals surface area (Å²) in [5.41, 5.74) is 4.29. The average Bonchev–Trinajstić information content (AvgIpc) is 2.09. The summed E-state index contributed by atoms with van der Waals surface area (Å²) in [4.78, 5) is 0. The van der Waals surface area contributed by atoms with Crippen LogP contribution in [0.1, 0.15) is 23.6 Å². The minimum absolute atomic E-state index is 0.986. The van der Waals surface area contributed by atoms with Crippen molar-refractivity contribution in [2.45, 2.75) is 26.7 Å². The van der Waals surface area contributed by atoms with Gasteiger partial charge in [0.1, 0.15) is 0 Å². The molecular weight excluding hydrogens is 144 g/mol. The van der Waals surface area contributed by atoms with Crippen LogP contribution in [0.25, 0.3) is 0 Å². The first-order valence-corrected chi connectivity index (χ1v) is 4.47. The van der Waals surface area contributed by atoms with Gasteiger partial charge in [-0.05, 0) is 36.5 Å². The fourth-order valence-corrected chi connectivity index (χ4v) is 1.50. The lowest BCUT2D eigenvalue weighted by atomic mass is 9.99. The molecule has 1 aromatic carbocycles. The molecule has 1 rings (SSSR count). The van der Waals surface area contributed by atoms with E-state index in [0.29, 0.717) is 0 Å². The van der Waals surface area contributed by atoms with Gasteiger partial charge in [-0.25, -0.2) is 0 Å². The zero-order valence-electron chi connectivity index (χ0n) is 7.93. The predicted octanol–water partition coefficient (Wildman–Crippen LogP) is 3.29. The van der Waals surface area contributed by atoms with Crippen molar-refractivity contribution in [3.05, 3.63) is 47.5 Å². The summed E-state index contributed by atoms with van der Waals surface area (Å²) in [5.74, 6) is 0. The Hall–Kier alpha value is -1.04. The summed E-state index contributed by atoms with van der Waals surface area (Å²) in [6.07, 6.45) is 4.07. The van der Waals surface area contributed by atoms with E-state index in [0.717, 1.165) is 12.8 Å². The zero-order chi connectivity index (χ0) is 8.97. The molecule has 0 saturated heterocycles. The van der Waals surface area contributed by atoms with E-state index in [-0.39, 0.29) is 0 Å². The zero-order valence-corrected chi connectivity index (χ0v) is 7.93. The second-order valence-corrected chi connectivity index (χ2v) is 3.05. The third kappa shape index (κ3) is 1.76. The smallest absolute Gasteiger partial charge is 0.00974 e. The normalized spacial score (nSPS) is 9.83. The number of hydrogen-bond donors (Lipinski definition) is 0. The molecular formula is C12H16. The Labute approximate surface area is 74.9 Å². The molecule has 0 radical (unpaired) electrons. The van der Waals surface area contributed by atoms with E-state index in [2.05, 4.69) is 38.6 Å². The summed E-state index contributed by atoms with van der Waals surface area (Å²) in [7, 11) is 0. The molecule has 0 saturated carbocycles. The molecule has 1 aromatic rings. The van der Waals surface area contributed by atoms with Crippen LogP contribution in [0.15, 0.2) is 30.9 Å². The first-order valence-electron chi connectivity index (χ1n) is 4.47. The first-order chi connectivity index (χ1) is 5.79. The Balaban J connectivity index is 3.04. The van der Waals surface area contributed by atoms with Crippen LogP contribution < -0.4 is 0 Å². The van der Waals surface area contributed by atoms with Crippen LogP contribution in [0.2, 0.25) is 0 Å². The maximum absolute atomic E-state index is 3.75. The second kappa shape index (κ2) is 4.10. The summed E-state index contributed by atoms with van der Waals surface area (Å²) >= 11 is 0. The number of hydrogen-bond acceptors (Lipinski definition) is 0. The van der Waals surface area contributed by atoms with Crippen LogP contribution in [-0.4, -0.2) is 0 Å². The maximum atomic E-state index is 3.75. The van der Waals surface area contributed by atoms with Crippen molar-refractivity contribution in [2.75, 3.05) is 0 Å². The van der Waals surface area contributed by atoms with E-state index in [1.807, 2.05) is 6.08 Å². The Bertz CT molecular complexity index is 271. The van der Waals surface area contributed by atoms with Gasteiger partial charge in [0.15, 0.2) is 0 Å². The largest absolute Gasteiger partial charge is 0.103 e. The molecule has 0 aromatic heterocycles. The highest BCUT2D eigenvalue weighted by Crippen LogP contribution is 2.14. The summed E-state index contributed by atoms with van der Waals surface area (Å²) < 4.78 is 0. The van der Waals surface area contributed by atoms with E-state index in [1.165, 1.54) is 16.7 Å². The number of allylic oxidation sites excluding steroid dienone is 1. The molecule has 0 unspecified atom stereocenters. The summed E-state index contributed by atoms with van der Waals surface area (Å²) in [6, 6.07) is 6.50. The SMILES string of the molecule is C=CCc1cccc(CC)c1C. The average molecular weight is 160 g/mol. The first kappa shape index (κ1) is 9.05. The number of benzene rings is 1. The van der Waals surface area contributed by atoms with Gasteiger partial charge in [0.05, 0.1) is 0 Å². The van der Waals surface area contributed by atoms with Crippen LogP contribution >= 0.6 is 0 Å². The van der Waals surface area contributed by atoms with Gasteiger partial charge in [0, 0.05) is 0 Å². The Kier molecular flexibility index (Phi) is 3.09. The minimum atomic E-state index is 0.986. The molecule has 0 bridgehead atoms. The fourth-order valence-electron chi connectivity index (χ4n) is 1.50. The van der Waals surface area contributed by atoms with Crippen molar-refractivity contribution in [3.8, 4) is 0 Å². The molecule has 0 atom stereocenters. The van der Waals surface area contributed by atoms with Gasteiger partial charge in [0.2, 0.25) is 0 Å². The molecule has 0 aliphatic carbocycles. The topological polar surface area (TPSA) is 0 Å². The lowest BCUT2D eigenvalue weighted by molar-refractivity contribution is 1.08. The maximum Gasteiger partial charge on any atom is -0.00974 e. The highest BCUT2D eigenvalue weighted by atomic mass is 14.0. The molecule has 0 spiro atoms. The minimum Gasteiger partial charge on any atom is -0.103 e. The predicted molar refractivity (Wildman–Crippen MR) is 54.5 cm³/mol. The molecule has 12 heavy (non-hydrogen) atoms. The van der Waals surface area contributed by atoms with Crippen LogP contribution in [-0.2, 0) is 12.8 Å². The highest BCUT2D eigenvalue weighted by Gasteiger charge is 1.99. The third-order valence-corrected chi connectivity index (χ3v) is 2.30. The summed E-state index contributed by atoms with van der Waals surface area (Å²) in [6.45, 7) is 8.14. The van der Waals surface area contributed by atoms with Gasteiger partial charge < -0.3 is 0 Å². The lowest BCUT2D eigenvalue weighted by Crippen LogP contribution is -1.92. The van der Waals surface area contributed by atoms with Gasteiger partial charge in [-0.3, -0.25) is 0 Å². The van der Waals surface area contributed by atoms with Crippen molar-refractivity contribution >= 4 is 0 Å². The molecule has 0 nitrogen and oxygen atoms in total. The van der Waals surface area contributed by atoms with Gasteiger partial charge in [0.25, 0.3) is 0 Å². The summed E-state index contributed by atoms with van der Waals surface area (Å²) in [5, 5.41) is 0. The highest BCUT2D eigenvalue weighted by molar-refractivity contribution is 5.35. The third-order valence-electron chi connectivity index (χ3n) is 2.30. The van der Waals surface area contributed by atoms with E-state index >= 15 is 0 Å². The van der Waals surface area contributed by atoms with Crippen molar-refractivity contribution in [1.29, 1.82) is 0 Å². The standard InChI is InChI=1S/C12H16/c1-4-7-12-9-6-8-11(5-2)10(12)3/h4,6,8-9H,1,5,7H2,2-3H3. The Morgan fingerprint density at radius 3 is 2.58 bits per heavy atom. The molecule has 0 N–H and O–H groups in total. The van der Waals surface area contributed by atoms with E-state index < -0.39 is 0 Å².